The maximum Gasteiger partial charge on any atom is 0.0579 e. The summed E-state index contributed by atoms with van der Waals surface area (Å²) >= 11 is 0. The summed E-state index contributed by atoms with van der Waals surface area (Å²) in [5, 5.41) is 1.33. The number of para-hydroxylation sites is 1. The van der Waals surface area contributed by atoms with Gasteiger partial charge in [-0.15, -0.1) is 0 Å². The number of rotatable bonds is 1. The van der Waals surface area contributed by atoms with Crippen molar-refractivity contribution >= 4 is 22.6 Å². The van der Waals surface area contributed by atoms with Crippen LogP contribution in [0, 0.1) is 12.8 Å². The normalized spacial score (nSPS) is 18.4. The van der Waals surface area contributed by atoms with Crippen LogP contribution in [-0.4, -0.2) is 4.57 Å². The highest BCUT2D eigenvalue weighted by Crippen LogP contribution is 2.43. The summed E-state index contributed by atoms with van der Waals surface area (Å²) in [4.78, 5) is 0. The van der Waals surface area contributed by atoms with Crippen LogP contribution < -0.4 is 0 Å². The second-order valence-corrected chi connectivity index (χ2v) is 6.70. The summed E-state index contributed by atoms with van der Waals surface area (Å²) < 4.78 is 2.44. The van der Waals surface area contributed by atoms with E-state index >= 15 is 0 Å². The molecule has 0 aliphatic heterocycles. The molecule has 1 nitrogen and oxygen atoms in total. The van der Waals surface area contributed by atoms with Crippen molar-refractivity contribution in [2.75, 3.05) is 0 Å². The third-order valence-electron chi connectivity index (χ3n) is 5.18. The van der Waals surface area contributed by atoms with E-state index in [1.807, 2.05) is 0 Å². The van der Waals surface area contributed by atoms with E-state index in [2.05, 4.69) is 90.4 Å². The van der Waals surface area contributed by atoms with E-state index in [1.165, 1.54) is 39.0 Å². The summed E-state index contributed by atoms with van der Waals surface area (Å²) in [7, 11) is 0. The molecule has 3 aromatic rings. The van der Waals surface area contributed by atoms with Gasteiger partial charge in [0.25, 0.3) is 0 Å². The zero-order valence-electron chi connectivity index (χ0n) is 13.7. The van der Waals surface area contributed by atoms with Crippen LogP contribution in [-0.2, 0) is 0 Å². The Labute approximate surface area is 142 Å². The topological polar surface area (TPSA) is 4.93 Å². The fourth-order valence-electron chi connectivity index (χ4n) is 3.98. The van der Waals surface area contributed by atoms with Gasteiger partial charge in [-0.2, -0.15) is 0 Å². The Bertz CT molecular complexity index is 1030. The Morgan fingerprint density at radius 3 is 2.71 bits per heavy atom. The molecule has 0 saturated carbocycles. The number of nitrogens with zero attached hydrogens (tertiary/aromatic N) is 1. The molecule has 2 aromatic carbocycles. The maximum absolute atomic E-state index is 2.44. The minimum absolute atomic E-state index is 0.496. The zero-order valence-corrected chi connectivity index (χ0v) is 13.7. The molecule has 0 spiro atoms. The lowest BCUT2D eigenvalue weighted by Crippen LogP contribution is -2.11. The van der Waals surface area contributed by atoms with Crippen LogP contribution in [0.15, 0.2) is 72.8 Å². The lowest BCUT2D eigenvalue weighted by molar-refractivity contribution is 0.830. The predicted octanol–water partition coefficient (Wildman–Crippen LogP) is 5.93. The first-order valence-corrected chi connectivity index (χ1v) is 8.59. The molecule has 24 heavy (non-hydrogen) atoms. The Morgan fingerprint density at radius 1 is 1.00 bits per heavy atom. The number of hydrogen-bond donors (Lipinski definition) is 0. The van der Waals surface area contributed by atoms with Crippen LogP contribution in [0.4, 0.5) is 0 Å². The van der Waals surface area contributed by atoms with Crippen LogP contribution in [0.3, 0.4) is 0 Å². The average molecular weight is 309 g/mol. The molecule has 1 unspecified atom stereocenters. The number of aromatic nitrogens is 1. The monoisotopic (exact) mass is 309 g/mol. The van der Waals surface area contributed by atoms with Crippen molar-refractivity contribution in [1.82, 2.24) is 4.57 Å². The highest BCUT2D eigenvalue weighted by molar-refractivity contribution is 5.99. The molecular formula is C23H19N. The molecule has 1 heterocycles. The van der Waals surface area contributed by atoms with Crippen LogP contribution in [0.5, 0.6) is 0 Å². The number of hydrogen-bond acceptors (Lipinski definition) is 0. The van der Waals surface area contributed by atoms with Gasteiger partial charge in [0.05, 0.1) is 11.2 Å². The molecule has 0 fully saturated rings. The van der Waals surface area contributed by atoms with Gasteiger partial charge in [-0.05, 0) is 37.1 Å². The smallest absolute Gasteiger partial charge is 0.0579 e. The predicted molar refractivity (Wildman–Crippen MR) is 102 cm³/mol. The maximum atomic E-state index is 2.44. The molecule has 2 aliphatic rings. The van der Waals surface area contributed by atoms with Gasteiger partial charge in [-0.25, -0.2) is 0 Å². The minimum atomic E-state index is 0.496. The summed E-state index contributed by atoms with van der Waals surface area (Å²) in [6.07, 6.45) is 12.5. The molecule has 2 aliphatic carbocycles. The molecule has 0 N–H and O–H groups in total. The highest BCUT2D eigenvalue weighted by atomic mass is 15.0. The number of benzene rings is 2. The standard InChI is InChI=1S/C23H19N/c1-16-10-13-18(14-11-16)24-22-9-5-4-8-20(22)21-15-12-17-6-2-3-7-19(17)23(21)24/h2-5,7-15,17H,6H2,1H3. The second-order valence-electron chi connectivity index (χ2n) is 6.70. The Balaban J connectivity index is 1.90. The van der Waals surface area contributed by atoms with Crippen molar-refractivity contribution < 1.29 is 0 Å². The van der Waals surface area contributed by atoms with E-state index in [0.717, 1.165) is 6.42 Å². The second kappa shape index (κ2) is 5.10. The quantitative estimate of drug-likeness (QED) is 0.525. The van der Waals surface area contributed by atoms with Crippen molar-refractivity contribution in [1.29, 1.82) is 0 Å². The van der Waals surface area contributed by atoms with Crippen molar-refractivity contribution in [3.05, 3.63) is 89.7 Å². The molecule has 0 amide bonds. The number of aryl methyl sites for hydroxylation is 1. The molecule has 116 valence electrons. The minimum Gasteiger partial charge on any atom is -0.309 e. The van der Waals surface area contributed by atoms with E-state index in [4.69, 9.17) is 0 Å². The van der Waals surface area contributed by atoms with Crippen molar-refractivity contribution in [2.45, 2.75) is 13.3 Å². The fraction of sp³-hybridized carbons (Fsp3) is 0.130. The molecule has 0 radical (unpaired) electrons. The molecule has 1 atom stereocenters. The van der Waals surface area contributed by atoms with Crippen molar-refractivity contribution in [3.8, 4) is 5.69 Å². The lowest BCUT2D eigenvalue weighted by Gasteiger charge is -2.25. The van der Waals surface area contributed by atoms with Gasteiger partial charge in [0.1, 0.15) is 0 Å². The Kier molecular flexibility index (Phi) is 2.90. The number of fused-ring (bicyclic) bond motifs is 5. The molecule has 0 saturated heterocycles. The highest BCUT2D eigenvalue weighted by Gasteiger charge is 2.27. The van der Waals surface area contributed by atoms with E-state index in [0.29, 0.717) is 5.92 Å². The molecule has 1 heteroatoms. The Hall–Kier alpha value is -2.80. The zero-order chi connectivity index (χ0) is 16.1. The Morgan fingerprint density at radius 2 is 1.83 bits per heavy atom. The molecule has 5 rings (SSSR count). The van der Waals surface area contributed by atoms with Gasteiger partial charge < -0.3 is 4.57 Å². The SMILES string of the molecule is Cc1ccc(-n2c3c(c4ccccc42)C=CC2CC=CC=C32)cc1. The largest absolute Gasteiger partial charge is 0.309 e. The van der Waals surface area contributed by atoms with Crippen molar-refractivity contribution in [3.63, 3.8) is 0 Å². The van der Waals surface area contributed by atoms with Gasteiger partial charge in [0, 0.05) is 22.6 Å². The summed E-state index contributed by atoms with van der Waals surface area (Å²) in [6.45, 7) is 2.14. The van der Waals surface area contributed by atoms with Crippen LogP contribution in [0.1, 0.15) is 23.2 Å². The first-order chi connectivity index (χ1) is 11.8. The van der Waals surface area contributed by atoms with Gasteiger partial charge in [-0.1, -0.05) is 66.3 Å². The van der Waals surface area contributed by atoms with E-state index < -0.39 is 0 Å². The van der Waals surface area contributed by atoms with E-state index in [1.54, 1.807) is 0 Å². The average Bonchev–Trinajstić information content (AvgIpc) is 2.97. The van der Waals surface area contributed by atoms with Gasteiger partial charge in [0.2, 0.25) is 0 Å². The fourth-order valence-corrected chi connectivity index (χ4v) is 3.98. The molecular weight excluding hydrogens is 290 g/mol. The summed E-state index contributed by atoms with van der Waals surface area (Å²) in [5.41, 5.74) is 7.96. The van der Waals surface area contributed by atoms with Crippen LogP contribution in [0.25, 0.3) is 28.2 Å². The molecule has 1 aromatic heterocycles. The van der Waals surface area contributed by atoms with Gasteiger partial charge in [0.15, 0.2) is 0 Å². The lowest BCUT2D eigenvalue weighted by atomic mass is 9.83. The van der Waals surface area contributed by atoms with Crippen LogP contribution >= 0.6 is 0 Å². The molecule has 0 bridgehead atoms. The van der Waals surface area contributed by atoms with E-state index in [9.17, 15) is 0 Å². The third-order valence-corrected chi connectivity index (χ3v) is 5.18. The van der Waals surface area contributed by atoms with Crippen molar-refractivity contribution in [2.24, 2.45) is 5.92 Å². The summed E-state index contributed by atoms with van der Waals surface area (Å²) in [5.74, 6) is 0.496. The van der Waals surface area contributed by atoms with Crippen LogP contribution in [0.2, 0.25) is 0 Å². The van der Waals surface area contributed by atoms with Gasteiger partial charge >= 0.3 is 0 Å². The van der Waals surface area contributed by atoms with E-state index in [-0.39, 0.29) is 0 Å². The van der Waals surface area contributed by atoms with Gasteiger partial charge in [-0.3, -0.25) is 0 Å². The number of allylic oxidation sites excluding steroid dienone is 5. The summed E-state index contributed by atoms with van der Waals surface area (Å²) in [6, 6.07) is 17.6. The first-order valence-electron chi connectivity index (χ1n) is 8.59. The first kappa shape index (κ1) is 13.6. The third kappa shape index (κ3) is 1.88.